The predicted octanol–water partition coefficient (Wildman–Crippen LogP) is 2.76. The third-order valence-electron chi connectivity index (χ3n) is 4.62. The number of anilines is 1. The van der Waals surface area contributed by atoms with Gasteiger partial charge >= 0.3 is 6.09 Å². The Bertz CT molecular complexity index is 721. The third kappa shape index (κ3) is 5.90. The molecule has 0 saturated carbocycles. The number of hydrogen-bond donors (Lipinski definition) is 1. The first kappa shape index (κ1) is 21.6. The van der Waals surface area contributed by atoms with Crippen molar-refractivity contribution in [3.63, 3.8) is 0 Å². The molecule has 1 aromatic rings. The number of carbonyl (C=O) groups is 3. The number of piperidine rings is 1. The SMILES string of the molecule is CCOC(=O)N1CCC(N(CCC(=O)Nc2ccc(F)c(F)c2)C(C)=O)CC1. The molecule has 0 atom stereocenters. The maximum absolute atomic E-state index is 13.2. The highest BCUT2D eigenvalue weighted by molar-refractivity contribution is 5.91. The number of carbonyl (C=O) groups excluding carboxylic acids is 3. The van der Waals surface area contributed by atoms with Crippen molar-refractivity contribution in [2.45, 2.75) is 39.2 Å². The van der Waals surface area contributed by atoms with Gasteiger partial charge in [0.25, 0.3) is 0 Å². The van der Waals surface area contributed by atoms with E-state index in [0.717, 1.165) is 12.1 Å². The van der Waals surface area contributed by atoms with Crippen LogP contribution in [0.15, 0.2) is 18.2 Å². The summed E-state index contributed by atoms with van der Waals surface area (Å²) in [4.78, 5) is 39.1. The first-order valence-corrected chi connectivity index (χ1v) is 9.25. The molecule has 0 radical (unpaired) electrons. The van der Waals surface area contributed by atoms with Crippen molar-refractivity contribution in [1.82, 2.24) is 9.80 Å². The van der Waals surface area contributed by atoms with Crippen LogP contribution < -0.4 is 5.32 Å². The van der Waals surface area contributed by atoms with Gasteiger partial charge in [0, 0.05) is 50.8 Å². The van der Waals surface area contributed by atoms with Gasteiger partial charge in [-0.05, 0) is 31.9 Å². The molecule has 28 heavy (non-hydrogen) atoms. The Morgan fingerprint density at radius 2 is 1.89 bits per heavy atom. The second-order valence-electron chi connectivity index (χ2n) is 6.56. The molecule has 2 rings (SSSR count). The summed E-state index contributed by atoms with van der Waals surface area (Å²) in [6, 6.07) is 3.04. The van der Waals surface area contributed by atoms with Crippen LogP contribution in [-0.4, -0.2) is 60.0 Å². The number of nitrogens with one attached hydrogen (secondary N) is 1. The van der Waals surface area contributed by atoms with Gasteiger partial charge in [-0.1, -0.05) is 0 Å². The van der Waals surface area contributed by atoms with E-state index in [1.807, 2.05) is 0 Å². The second kappa shape index (κ2) is 10.0. The Hall–Kier alpha value is -2.71. The van der Waals surface area contributed by atoms with E-state index in [9.17, 15) is 23.2 Å². The van der Waals surface area contributed by atoms with Gasteiger partial charge < -0.3 is 19.9 Å². The van der Waals surface area contributed by atoms with Crippen molar-refractivity contribution in [2.24, 2.45) is 0 Å². The number of hydrogen-bond acceptors (Lipinski definition) is 4. The van der Waals surface area contributed by atoms with E-state index in [4.69, 9.17) is 4.74 Å². The molecule has 1 fully saturated rings. The zero-order valence-corrected chi connectivity index (χ0v) is 16.0. The molecule has 154 valence electrons. The van der Waals surface area contributed by atoms with Crippen LogP contribution >= 0.6 is 0 Å². The summed E-state index contributed by atoms with van der Waals surface area (Å²) < 4.78 is 31.1. The van der Waals surface area contributed by atoms with Crippen molar-refractivity contribution in [2.75, 3.05) is 31.6 Å². The summed E-state index contributed by atoms with van der Waals surface area (Å²) in [7, 11) is 0. The van der Waals surface area contributed by atoms with Gasteiger partial charge in [0.2, 0.25) is 11.8 Å². The van der Waals surface area contributed by atoms with Crippen LogP contribution in [0, 0.1) is 11.6 Å². The molecule has 0 aromatic heterocycles. The van der Waals surface area contributed by atoms with Crippen LogP contribution in [0.1, 0.15) is 33.1 Å². The lowest BCUT2D eigenvalue weighted by molar-refractivity contribution is -0.132. The van der Waals surface area contributed by atoms with E-state index >= 15 is 0 Å². The Balaban J connectivity index is 1.86. The molecular weight excluding hydrogens is 372 g/mol. The molecule has 1 aliphatic heterocycles. The standard InChI is InChI=1S/C19H25F2N3O4/c1-3-28-19(27)23-9-6-15(7-10-23)24(13(2)25)11-8-18(26)22-14-4-5-16(20)17(21)12-14/h4-5,12,15H,3,6-11H2,1-2H3,(H,22,26). The largest absolute Gasteiger partial charge is 0.450 e. The van der Waals surface area contributed by atoms with Gasteiger partial charge in [-0.25, -0.2) is 13.6 Å². The molecule has 0 aliphatic carbocycles. The normalized spacial score (nSPS) is 14.5. The molecule has 1 N–H and O–H groups in total. The molecule has 1 saturated heterocycles. The number of amides is 3. The first-order valence-electron chi connectivity index (χ1n) is 9.25. The van der Waals surface area contributed by atoms with Gasteiger partial charge in [0.15, 0.2) is 11.6 Å². The zero-order valence-electron chi connectivity index (χ0n) is 16.0. The van der Waals surface area contributed by atoms with Gasteiger partial charge in [-0.2, -0.15) is 0 Å². The summed E-state index contributed by atoms with van der Waals surface area (Å²) in [6.45, 7) is 4.65. The number of benzene rings is 1. The fraction of sp³-hybridized carbons (Fsp3) is 0.526. The van der Waals surface area contributed by atoms with Crippen molar-refractivity contribution < 1.29 is 27.9 Å². The Morgan fingerprint density at radius 3 is 2.46 bits per heavy atom. The second-order valence-corrected chi connectivity index (χ2v) is 6.56. The predicted molar refractivity (Wildman–Crippen MR) is 98.6 cm³/mol. The number of halogens is 2. The quantitative estimate of drug-likeness (QED) is 0.801. The highest BCUT2D eigenvalue weighted by Crippen LogP contribution is 2.19. The molecule has 3 amide bonds. The van der Waals surface area contributed by atoms with Crippen LogP contribution in [0.3, 0.4) is 0 Å². The highest BCUT2D eigenvalue weighted by Gasteiger charge is 2.29. The first-order chi connectivity index (χ1) is 13.3. The van der Waals surface area contributed by atoms with Crippen LogP contribution in [0.25, 0.3) is 0 Å². The molecular formula is C19H25F2N3O4. The molecule has 0 spiro atoms. The molecule has 1 heterocycles. The zero-order chi connectivity index (χ0) is 20.7. The van der Waals surface area contributed by atoms with Crippen LogP contribution in [0.4, 0.5) is 19.3 Å². The maximum atomic E-state index is 13.2. The lowest BCUT2D eigenvalue weighted by Crippen LogP contribution is -2.49. The number of likely N-dealkylation sites (tertiary alicyclic amines) is 1. The minimum Gasteiger partial charge on any atom is -0.450 e. The van der Waals surface area contributed by atoms with E-state index in [2.05, 4.69) is 5.32 Å². The van der Waals surface area contributed by atoms with Gasteiger partial charge in [-0.15, -0.1) is 0 Å². The summed E-state index contributed by atoms with van der Waals surface area (Å²) in [5.74, 6) is -2.59. The number of nitrogens with zero attached hydrogens (tertiary/aromatic N) is 2. The minimum absolute atomic E-state index is 0.0245. The van der Waals surface area contributed by atoms with E-state index in [1.54, 1.807) is 16.7 Å². The van der Waals surface area contributed by atoms with Gasteiger partial charge in [0.1, 0.15) is 0 Å². The van der Waals surface area contributed by atoms with Crippen LogP contribution in [-0.2, 0) is 14.3 Å². The van der Waals surface area contributed by atoms with Crippen molar-refractivity contribution >= 4 is 23.6 Å². The fourth-order valence-corrected chi connectivity index (χ4v) is 3.19. The number of rotatable bonds is 6. The van der Waals surface area contributed by atoms with Crippen molar-refractivity contribution in [1.29, 1.82) is 0 Å². The van der Waals surface area contributed by atoms with E-state index in [0.29, 0.717) is 32.5 Å². The Kier molecular flexibility index (Phi) is 7.71. The summed E-state index contributed by atoms with van der Waals surface area (Å²) in [6.07, 6.45) is 0.865. The highest BCUT2D eigenvalue weighted by atomic mass is 19.2. The van der Waals surface area contributed by atoms with E-state index < -0.39 is 17.5 Å². The fourth-order valence-electron chi connectivity index (χ4n) is 3.19. The van der Waals surface area contributed by atoms with Gasteiger partial charge in [-0.3, -0.25) is 9.59 Å². The monoisotopic (exact) mass is 397 g/mol. The Labute approximate surface area is 162 Å². The van der Waals surface area contributed by atoms with Crippen LogP contribution in [0.2, 0.25) is 0 Å². The molecule has 0 bridgehead atoms. The average Bonchev–Trinajstić information content (AvgIpc) is 2.65. The molecule has 9 heteroatoms. The van der Waals surface area contributed by atoms with E-state index in [-0.39, 0.29) is 36.7 Å². The topological polar surface area (TPSA) is 79.0 Å². The summed E-state index contributed by atoms with van der Waals surface area (Å²) in [5.41, 5.74) is 0.154. The van der Waals surface area contributed by atoms with Gasteiger partial charge in [0.05, 0.1) is 6.61 Å². The minimum atomic E-state index is -1.04. The van der Waals surface area contributed by atoms with Crippen molar-refractivity contribution in [3.8, 4) is 0 Å². The average molecular weight is 397 g/mol. The van der Waals surface area contributed by atoms with Crippen molar-refractivity contribution in [3.05, 3.63) is 29.8 Å². The molecule has 0 unspecified atom stereocenters. The maximum Gasteiger partial charge on any atom is 0.409 e. The number of ether oxygens (including phenoxy) is 1. The lowest BCUT2D eigenvalue weighted by Gasteiger charge is -2.37. The van der Waals surface area contributed by atoms with Crippen LogP contribution in [0.5, 0.6) is 0 Å². The third-order valence-corrected chi connectivity index (χ3v) is 4.62. The summed E-state index contributed by atoms with van der Waals surface area (Å²) in [5, 5.41) is 2.49. The Morgan fingerprint density at radius 1 is 1.21 bits per heavy atom. The molecule has 1 aromatic carbocycles. The smallest absolute Gasteiger partial charge is 0.409 e. The van der Waals surface area contributed by atoms with E-state index in [1.165, 1.54) is 13.0 Å². The lowest BCUT2D eigenvalue weighted by atomic mass is 10.0. The molecule has 7 nitrogen and oxygen atoms in total. The summed E-state index contributed by atoms with van der Waals surface area (Å²) >= 11 is 0. The molecule has 1 aliphatic rings.